The van der Waals surface area contributed by atoms with Gasteiger partial charge in [-0.05, 0) is 401 Å². The van der Waals surface area contributed by atoms with Crippen molar-refractivity contribution in [3.63, 3.8) is 0 Å². The second-order valence-corrected chi connectivity index (χ2v) is 45.1. The van der Waals surface area contributed by atoms with Crippen LogP contribution in [0.1, 0.15) is 340 Å². The molecule has 4 atom stereocenters. The van der Waals surface area contributed by atoms with Crippen molar-refractivity contribution in [3.8, 4) is 34.5 Å². The highest BCUT2D eigenvalue weighted by atomic mass is 79.9. The van der Waals surface area contributed by atoms with Gasteiger partial charge in [0.15, 0.2) is 6.29 Å². The molecule has 776 valence electrons. The van der Waals surface area contributed by atoms with Gasteiger partial charge in [-0.3, -0.25) is 19.3 Å². The molecule has 0 aromatic heterocycles. The molecule has 12 aromatic carbocycles. The summed E-state index contributed by atoms with van der Waals surface area (Å²) in [5.74, 6) is 6.45. The number of carbonyl (C=O) groups excluding carboxylic acids is 2. The molecule has 8 aliphatic rings. The molecule has 2 saturated heterocycles. The van der Waals surface area contributed by atoms with E-state index in [0.29, 0.717) is 110 Å². The number of hydrogen-bond donors (Lipinski definition) is 2. The first-order valence-corrected chi connectivity index (χ1v) is 55.3. The minimum atomic E-state index is -2.61. The van der Waals surface area contributed by atoms with Crippen LogP contribution in [-0.4, -0.2) is 82.4 Å². The SMILES string of the molecule is CC1CCC(Oc2ccc3cc(Br)ccc3c2)CC1.CC1CCC(Oc2ccc3cc(Br)ccc3c2C(F)F)CC1.CC1CCC(Oc2ccc3cc(Br)ccc3c2C=O)CC1.CC1CCC(Oc2ccc3cc(C=O)ccc3c2C(F)F)CC1.CCC(O)c1ccc2c(C(F)F)c(OC3CCC(C)CC3)ccc2c1.CCC(c1ccc2c(C(F)F)c(OC3CCC(C)CC3)ccc2c1)N1C2CCC1CC(C(=O)O)C2. The van der Waals surface area contributed by atoms with E-state index < -0.39 is 37.8 Å². The number of carboxylic acids is 1. The van der Waals surface area contributed by atoms with Crippen LogP contribution < -0.4 is 28.4 Å². The van der Waals surface area contributed by atoms with E-state index in [1.54, 1.807) is 78.9 Å². The zero-order chi connectivity index (χ0) is 103. The molecular weight excluding hydrogens is 2050 g/mol. The lowest BCUT2D eigenvalue weighted by atomic mass is 9.87. The predicted octanol–water partition coefficient (Wildman–Crippen LogP) is 36.7. The highest BCUT2D eigenvalue weighted by molar-refractivity contribution is 9.11. The quantitative estimate of drug-likeness (QED) is 0.0438. The minimum absolute atomic E-state index is 0.00284. The number of nitrogens with zero attached hydrogens (tertiary/aromatic N) is 1. The average Bonchev–Trinajstić information content (AvgIpc) is 1.60. The van der Waals surface area contributed by atoms with E-state index in [9.17, 15) is 59.7 Å². The molecule has 2 aliphatic heterocycles. The summed E-state index contributed by atoms with van der Waals surface area (Å²) in [6.45, 7) is 17.6. The average molecular weight is 2190 g/mol. The van der Waals surface area contributed by atoms with Crippen LogP contribution in [0.15, 0.2) is 201 Å². The van der Waals surface area contributed by atoms with Crippen LogP contribution in [0.3, 0.4) is 0 Å². The van der Waals surface area contributed by atoms with Gasteiger partial charge >= 0.3 is 5.97 Å². The lowest BCUT2D eigenvalue weighted by Crippen LogP contribution is -2.46. The summed E-state index contributed by atoms with van der Waals surface area (Å²) in [5, 5.41) is 29.1. The molecule has 23 heteroatoms. The number of alkyl halides is 8. The van der Waals surface area contributed by atoms with Gasteiger partial charge in [0.05, 0.1) is 76.5 Å². The molecular formula is C122H140Br3F8NO11. The van der Waals surface area contributed by atoms with Crippen molar-refractivity contribution in [3.05, 3.63) is 246 Å². The van der Waals surface area contributed by atoms with Crippen molar-refractivity contribution in [2.75, 3.05) is 0 Å². The van der Waals surface area contributed by atoms with Gasteiger partial charge < -0.3 is 38.6 Å². The van der Waals surface area contributed by atoms with E-state index in [1.807, 2.05) is 73.7 Å². The molecule has 20 rings (SSSR count). The van der Waals surface area contributed by atoms with E-state index in [-0.39, 0.29) is 82.6 Å². The number of carboxylic acid groups (broad SMARTS) is 1. The van der Waals surface area contributed by atoms with Gasteiger partial charge in [-0.25, -0.2) is 35.1 Å². The second-order valence-electron chi connectivity index (χ2n) is 42.3. The predicted molar refractivity (Wildman–Crippen MR) is 577 cm³/mol. The van der Waals surface area contributed by atoms with E-state index >= 15 is 0 Å². The van der Waals surface area contributed by atoms with E-state index in [0.717, 1.165) is 217 Å². The fraction of sp³-hybridized carbons (Fsp3) is 0.484. The van der Waals surface area contributed by atoms with E-state index in [2.05, 4.69) is 144 Å². The Bertz CT molecular complexity index is 6320. The minimum Gasteiger partial charge on any atom is -0.490 e. The maximum absolute atomic E-state index is 14.3. The van der Waals surface area contributed by atoms with Crippen LogP contribution in [0.4, 0.5) is 35.1 Å². The van der Waals surface area contributed by atoms with Crippen LogP contribution in [0.2, 0.25) is 0 Å². The zero-order valence-electron chi connectivity index (χ0n) is 84.6. The summed E-state index contributed by atoms with van der Waals surface area (Å²) in [7, 11) is 0. The van der Waals surface area contributed by atoms with Crippen LogP contribution in [-0.2, 0) is 4.79 Å². The van der Waals surface area contributed by atoms with Gasteiger partial charge in [-0.1, -0.05) is 194 Å². The maximum atomic E-state index is 14.3. The van der Waals surface area contributed by atoms with Crippen molar-refractivity contribution >= 4 is 131 Å². The largest absolute Gasteiger partial charge is 0.490 e. The van der Waals surface area contributed by atoms with Crippen molar-refractivity contribution in [1.82, 2.24) is 4.90 Å². The Hall–Kier alpha value is -9.39. The fourth-order valence-electron chi connectivity index (χ4n) is 22.9. The lowest BCUT2D eigenvalue weighted by molar-refractivity contribution is -0.144. The molecule has 2 N–H and O–H groups in total. The maximum Gasteiger partial charge on any atom is 0.306 e. The number of ether oxygens (including phenoxy) is 6. The molecule has 8 fully saturated rings. The van der Waals surface area contributed by atoms with Crippen LogP contribution in [0.5, 0.6) is 34.5 Å². The number of aliphatic hydroxyl groups excluding tert-OH is 1. The summed E-state index contributed by atoms with van der Waals surface area (Å²) in [6, 6.07) is 58.6. The molecule has 2 bridgehead atoms. The number of piperidine rings is 1. The smallest absolute Gasteiger partial charge is 0.306 e. The van der Waals surface area contributed by atoms with Gasteiger partial charge in [0.2, 0.25) is 0 Å². The molecule has 0 amide bonds. The number of carbonyl (C=O) groups is 3. The number of fused-ring (bicyclic) bond motifs is 8. The molecule has 6 saturated carbocycles. The Morgan fingerprint density at radius 1 is 0.331 bits per heavy atom. The third-order valence-corrected chi connectivity index (χ3v) is 33.1. The first-order valence-electron chi connectivity index (χ1n) is 52.9. The van der Waals surface area contributed by atoms with Crippen LogP contribution in [0, 0.1) is 41.4 Å². The summed E-state index contributed by atoms with van der Waals surface area (Å²) < 4.78 is 150. The molecule has 12 nitrogen and oxygen atoms in total. The number of aliphatic carboxylic acids is 1. The number of rotatable bonds is 24. The Balaban J connectivity index is 0.000000132. The van der Waals surface area contributed by atoms with Gasteiger partial charge in [-0.2, -0.15) is 0 Å². The molecule has 0 radical (unpaired) electrons. The van der Waals surface area contributed by atoms with Crippen LogP contribution in [0.25, 0.3) is 64.6 Å². The second kappa shape index (κ2) is 51.7. The zero-order valence-corrected chi connectivity index (χ0v) is 89.3. The monoisotopic (exact) mass is 2180 g/mol. The Morgan fingerprint density at radius 3 is 0.993 bits per heavy atom. The molecule has 0 spiro atoms. The summed E-state index contributed by atoms with van der Waals surface area (Å²) in [4.78, 5) is 36.5. The van der Waals surface area contributed by atoms with E-state index in [1.165, 1.54) is 49.3 Å². The van der Waals surface area contributed by atoms with Crippen molar-refractivity contribution in [1.29, 1.82) is 0 Å². The molecule has 12 aromatic rings. The van der Waals surface area contributed by atoms with Gasteiger partial charge in [0, 0.05) is 37.1 Å². The number of aldehydes is 2. The number of hydrogen-bond acceptors (Lipinski definition) is 11. The highest BCUT2D eigenvalue weighted by Crippen LogP contribution is 2.50. The van der Waals surface area contributed by atoms with Crippen molar-refractivity contribution < 1.29 is 88.1 Å². The van der Waals surface area contributed by atoms with Gasteiger partial charge in [-0.15, -0.1) is 0 Å². The Morgan fingerprint density at radius 2 is 0.628 bits per heavy atom. The third-order valence-electron chi connectivity index (χ3n) is 31.6. The van der Waals surface area contributed by atoms with Crippen molar-refractivity contribution in [2.24, 2.45) is 41.4 Å². The number of aliphatic hydroxyl groups is 1. The Kier molecular flexibility index (Phi) is 39.1. The number of halogens is 11. The first-order chi connectivity index (χ1) is 69.8. The fourth-order valence-corrected chi connectivity index (χ4v) is 24.0. The standard InChI is InChI=1S/C29H37F2NO3.C21H26F2O2.C19H20F2O2.C18H19BrF2O.C18H19BrO2.C17H19BrO/c1-3-25(32-21-8-9-22(32)16-20(15-21)29(33)34)19-6-12-24-18(14-19)7-13-26(27(24)28(30)31)35-23-10-4-17(2)5-11-23;1-3-18(24)15-6-10-17-14(12-15)7-11-19(20(17)21(22)23)25-16-8-4-13(2)5-9-16;1-12-2-6-15(7-3-12)23-17-9-5-14-10-13(11-22)4-8-16(14)18(17)19(20)21;1-11-2-6-14(7-3-11)22-16-9-4-12-10-13(19)5-8-15(12)17(16)18(20)21;1-12-2-6-15(7-3-12)21-18-9-4-13-10-14(19)5-8-16(13)17(18)11-20;1-12-2-7-16(8-3-12)19-17-9-5-13-10-15(18)6-4-14(13)11-17/h6-7,12-14,17,20-23,25,28H,3-5,8-11,15-16H2,1-2H3,(H,33,34);6-7,10-13,16,18,21,24H,3-5,8-9H2,1-2H3;4-5,8-12,15,19H,2-3,6-7H2,1H3;4-5,8-11,14,18H,2-3,6-7H2,1H3;4-5,8-12,15H,2-3,6-7H2,1H3;4-6,9-12,16H,2-3,7-8H2,1H3. The van der Waals surface area contributed by atoms with Gasteiger partial charge in [0.25, 0.3) is 25.7 Å². The van der Waals surface area contributed by atoms with Crippen molar-refractivity contribution in [2.45, 2.75) is 335 Å². The molecule has 145 heavy (non-hydrogen) atoms. The van der Waals surface area contributed by atoms with Gasteiger partial charge in [0.1, 0.15) is 40.8 Å². The summed E-state index contributed by atoms with van der Waals surface area (Å²) in [6.07, 6.45) is 22.1. The summed E-state index contributed by atoms with van der Waals surface area (Å²) in [5.41, 5.74) is 2.94. The van der Waals surface area contributed by atoms with E-state index in [4.69, 9.17) is 28.4 Å². The first kappa shape index (κ1) is 110. The third kappa shape index (κ3) is 28.6. The van der Waals surface area contributed by atoms with Crippen LogP contribution >= 0.6 is 47.8 Å². The topological polar surface area (TPSA) is 150 Å². The molecule has 4 unspecified atom stereocenters. The lowest BCUT2D eigenvalue weighted by Gasteiger charge is -2.42. The molecule has 2 heterocycles. The normalized spacial score (nSPS) is 24.2. The Labute approximate surface area is 874 Å². The summed E-state index contributed by atoms with van der Waals surface area (Å²) >= 11 is 10.3. The highest BCUT2D eigenvalue weighted by Gasteiger charge is 2.46. The molecule has 6 aliphatic carbocycles. The number of benzene rings is 12.